The number of halogens is 1. The van der Waals surface area contributed by atoms with E-state index < -0.39 is 5.82 Å². The second-order valence-electron chi connectivity index (χ2n) is 5.15. The number of amides is 3. The first kappa shape index (κ1) is 12.9. The smallest absolute Gasteiger partial charge is 0.325 e. The zero-order chi connectivity index (χ0) is 14.1. The Morgan fingerprint density at radius 2 is 2.05 bits per heavy atom. The summed E-state index contributed by atoms with van der Waals surface area (Å²) in [4.78, 5) is 26.7. The van der Waals surface area contributed by atoms with Crippen LogP contribution < -0.4 is 10.2 Å². The summed E-state index contributed by atoms with van der Waals surface area (Å²) in [5, 5.41) is 2.84. The summed E-state index contributed by atoms with van der Waals surface area (Å²) >= 11 is 0. The fourth-order valence-corrected chi connectivity index (χ4v) is 2.30. The van der Waals surface area contributed by atoms with Crippen molar-refractivity contribution >= 4 is 17.6 Å². The summed E-state index contributed by atoms with van der Waals surface area (Å²) in [5.41, 5.74) is 0.266. The summed E-state index contributed by atoms with van der Waals surface area (Å²) in [6.07, 6.45) is 2.03. The first-order chi connectivity index (χ1) is 9.65. The number of carbonyl (C=O) groups is 2. The summed E-state index contributed by atoms with van der Waals surface area (Å²) in [5.74, 6) is -0.568. The van der Waals surface area contributed by atoms with E-state index in [0.717, 1.165) is 12.8 Å². The zero-order valence-corrected chi connectivity index (χ0v) is 11.0. The van der Waals surface area contributed by atoms with Gasteiger partial charge in [-0.1, -0.05) is 12.1 Å². The number of hydrogen-bond acceptors (Lipinski definition) is 2. The number of nitrogens with one attached hydrogen (secondary N) is 1. The molecule has 2 fully saturated rings. The molecule has 1 heterocycles. The van der Waals surface area contributed by atoms with Gasteiger partial charge < -0.3 is 10.2 Å². The molecule has 1 aliphatic carbocycles. The molecule has 1 N–H and O–H groups in total. The van der Waals surface area contributed by atoms with Crippen LogP contribution in [0.3, 0.4) is 0 Å². The van der Waals surface area contributed by atoms with Gasteiger partial charge in [-0.2, -0.15) is 0 Å². The fraction of sp³-hybridized carbons (Fsp3) is 0.429. The molecule has 3 rings (SSSR count). The minimum atomic E-state index is -0.426. The Labute approximate surface area is 116 Å². The maximum Gasteiger partial charge on any atom is 0.325 e. The van der Waals surface area contributed by atoms with Crippen LogP contribution in [-0.4, -0.2) is 42.5 Å². The minimum Gasteiger partial charge on any atom is -0.352 e. The van der Waals surface area contributed by atoms with E-state index in [1.54, 1.807) is 18.2 Å². The lowest BCUT2D eigenvalue weighted by Gasteiger charge is -2.18. The molecular formula is C14H16FN3O2. The van der Waals surface area contributed by atoms with Crippen molar-refractivity contribution in [1.82, 2.24) is 10.2 Å². The molecule has 6 heteroatoms. The number of rotatable bonds is 4. The van der Waals surface area contributed by atoms with Crippen LogP contribution in [-0.2, 0) is 4.79 Å². The van der Waals surface area contributed by atoms with Crippen molar-refractivity contribution in [2.45, 2.75) is 18.9 Å². The molecule has 1 saturated heterocycles. The molecule has 0 radical (unpaired) electrons. The third kappa shape index (κ3) is 2.59. The lowest BCUT2D eigenvalue weighted by molar-refractivity contribution is -0.121. The quantitative estimate of drug-likeness (QED) is 0.903. The molecule has 1 aliphatic heterocycles. The predicted octanol–water partition coefficient (Wildman–Crippen LogP) is 1.35. The molecule has 1 saturated carbocycles. The molecule has 0 atom stereocenters. The fourth-order valence-electron chi connectivity index (χ4n) is 2.30. The largest absolute Gasteiger partial charge is 0.352 e. The maximum atomic E-state index is 13.7. The van der Waals surface area contributed by atoms with E-state index in [1.807, 2.05) is 0 Å². The topological polar surface area (TPSA) is 52.7 Å². The van der Waals surface area contributed by atoms with Crippen molar-refractivity contribution in [2.24, 2.45) is 0 Å². The van der Waals surface area contributed by atoms with E-state index in [1.165, 1.54) is 15.9 Å². The molecule has 106 valence electrons. The molecule has 0 unspecified atom stereocenters. The Morgan fingerprint density at radius 1 is 1.30 bits per heavy atom. The van der Waals surface area contributed by atoms with E-state index in [0.29, 0.717) is 13.1 Å². The normalized spacial score (nSPS) is 18.6. The van der Waals surface area contributed by atoms with Crippen LogP contribution in [0, 0.1) is 5.82 Å². The van der Waals surface area contributed by atoms with E-state index in [4.69, 9.17) is 0 Å². The number of nitrogens with zero attached hydrogens (tertiary/aromatic N) is 2. The van der Waals surface area contributed by atoms with Gasteiger partial charge in [0.05, 0.1) is 5.69 Å². The van der Waals surface area contributed by atoms with E-state index in [2.05, 4.69) is 5.32 Å². The molecule has 0 aromatic heterocycles. The van der Waals surface area contributed by atoms with Gasteiger partial charge >= 0.3 is 6.03 Å². The molecule has 0 spiro atoms. The highest BCUT2D eigenvalue weighted by Gasteiger charge is 2.33. The van der Waals surface area contributed by atoms with Crippen molar-refractivity contribution in [1.29, 1.82) is 0 Å². The predicted molar refractivity (Wildman–Crippen MR) is 71.9 cm³/mol. The number of para-hydroxylation sites is 1. The van der Waals surface area contributed by atoms with Crippen molar-refractivity contribution < 1.29 is 14.0 Å². The summed E-state index contributed by atoms with van der Waals surface area (Å²) in [7, 11) is 0. The van der Waals surface area contributed by atoms with Gasteiger partial charge in [-0.25, -0.2) is 9.18 Å². The second-order valence-corrected chi connectivity index (χ2v) is 5.15. The zero-order valence-electron chi connectivity index (χ0n) is 11.0. The van der Waals surface area contributed by atoms with Crippen molar-refractivity contribution in [3.05, 3.63) is 30.1 Å². The Bertz CT molecular complexity index is 545. The number of benzene rings is 1. The van der Waals surface area contributed by atoms with Crippen LogP contribution >= 0.6 is 0 Å². The first-order valence-electron chi connectivity index (χ1n) is 6.75. The molecule has 5 nitrogen and oxygen atoms in total. The van der Waals surface area contributed by atoms with Gasteiger partial charge in [0.15, 0.2) is 0 Å². The van der Waals surface area contributed by atoms with Crippen LogP contribution in [0.2, 0.25) is 0 Å². The molecular weight excluding hydrogens is 261 g/mol. The van der Waals surface area contributed by atoms with Crippen LogP contribution in [0.1, 0.15) is 12.8 Å². The summed E-state index contributed by atoms with van der Waals surface area (Å²) in [6, 6.07) is 6.13. The Kier molecular flexibility index (Phi) is 3.30. The van der Waals surface area contributed by atoms with Crippen molar-refractivity contribution in [3.63, 3.8) is 0 Å². The van der Waals surface area contributed by atoms with Gasteiger partial charge in [0.1, 0.15) is 12.4 Å². The van der Waals surface area contributed by atoms with E-state index in [9.17, 15) is 14.0 Å². The van der Waals surface area contributed by atoms with Gasteiger partial charge in [-0.3, -0.25) is 9.69 Å². The highest BCUT2D eigenvalue weighted by Crippen LogP contribution is 2.23. The van der Waals surface area contributed by atoms with Crippen molar-refractivity contribution in [3.8, 4) is 0 Å². The Balaban J connectivity index is 1.64. The Morgan fingerprint density at radius 3 is 2.75 bits per heavy atom. The highest BCUT2D eigenvalue weighted by atomic mass is 19.1. The summed E-state index contributed by atoms with van der Waals surface area (Å²) < 4.78 is 13.7. The summed E-state index contributed by atoms with van der Waals surface area (Å²) in [6.45, 7) is 0.877. The van der Waals surface area contributed by atoms with Crippen LogP contribution in [0.25, 0.3) is 0 Å². The van der Waals surface area contributed by atoms with E-state index >= 15 is 0 Å². The monoisotopic (exact) mass is 277 g/mol. The minimum absolute atomic E-state index is 0.0420. The van der Waals surface area contributed by atoms with Gasteiger partial charge in [-0.05, 0) is 25.0 Å². The average Bonchev–Trinajstić information content (AvgIpc) is 3.16. The molecule has 1 aromatic carbocycles. The van der Waals surface area contributed by atoms with Crippen molar-refractivity contribution in [2.75, 3.05) is 24.5 Å². The maximum absolute atomic E-state index is 13.7. The lowest BCUT2D eigenvalue weighted by Crippen LogP contribution is -2.40. The first-order valence-corrected chi connectivity index (χ1v) is 6.75. The standard InChI is InChI=1S/C14H16FN3O2/c15-11-3-1-2-4-12(11)18-8-7-17(14(18)20)9-13(19)16-10-5-6-10/h1-4,10H,5-9H2,(H,16,19). The van der Waals surface area contributed by atoms with Gasteiger partial charge in [0.2, 0.25) is 5.91 Å². The number of hydrogen-bond donors (Lipinski definition) is 1. The van der Waals surface area contributed by atoms with Gasteiger partial charge in [0.25, 0.3) is 0 Å². The molecule has 3 amide bonds. The highest BCUT2D eigenvalue weighted by molar-refractivity contribution is 5.96. The van der Waals surface area contributed by atoms with Gasteiger partial charge in [0, 0.05) is 19.1 Å². The molecule has 1 aromatic rings. The van der Waals surface area contributed by atoms with Crippen LogP contribution in [0.15, 0.2) is 24.3 Å². The number of urea groups is 1. The van der Waals surface area contributed by atoms with Gasteiger partial charge in [-0.15, -0.1) is 0 Å². The SMILES string of the molecule is O=C(CN1CCN(c2ccccc2F)C1=O)NC1CC1. The third-order valence-electron chi connectivity index (χ3n) is 3.52. The van der Waals surface area contributed by atoms with E-state index in [-0.39, 0.29) is 30.2 Å². The molecule has 20 heavy (non-hydrogen) atoms. The van der Waals surface area contributed by atoms with Crippen LogP contribution in [0.4, 0.5) is 14.9 Å². The average molecular weight is 277 g/mol. The number of anilines is 1. The molecule has 2 aliphatic rings. The van der Waals surface area contributed by atoms with Crippen LogP contribution in [0.5, 0.6) is 0 Å². The lowest BCUT2D eigenvalue weighted by atomic mass is 10.3. The number of carbonyl (C=O) groups excluding carboxylic acids is 2. The second kappa shape index (κ2) is 5.11. The Hall–Kier alpha value is -2.11. The third-order valence-corrected chi connectivity index (χ3v) is 3.52. The molecule has 0 bridgehead atoms.